The lowest BCUT2D eigenvalue weighted by Gasteiger charge is -2.32. The summed E-state index contributed by atoms with van der Waals surface area (Å²) in [5, 5.41) is 3.78. The van der Waals surface area contributed by atoms with Crippen molar-refractivity contribution in [2.45, 2.75) is 51.6 Å². The zero-order valence-corrected chi connectivity index (χ0v) is 11.8. The molecule has 2 rings (SSSR count). The molecule has 18 heavy (non-hydrogen) atoms. The van der Waals surface area contributed by atoms with Gasteiger partial charge in [0.2, 0.25) is 0 Å². The van der Waals surface area contributed by atoms with Crippen LogP contribution in [0.4, 0.5) is 0 Å². The lowest BCUT2D eigenvalue weighted by Crippen LogP contribution is -2.38. The van der Waals surface area contributed by atoms with Crippen molar-refractivity contribution >= 4 is 0 Å². The number of ether oxygens (including phenoxy) is 1. The van der Waals surface area contributed by atoms with E-state index in [0.717, 1.165) is 11.7 Å². The summed E-state index contributed by atoms with van der Waals surface area (Å²) in [6, 6.07) is 9.43. The zero-order valence-electron chi connectivity index (χ0n) is 11.8. The quantitative estimate of drug-likeness (QED) is 0.870. The molecule has 0 heterocycles. The predicted octanol–water partition coefficient (Wildman–Crippen LogP) is 3.92. The Morgan fingerprint density at radius 3 is 2.78 bits per heavy atom. The van der Waals surface area contributed by atoms with Crippen molar-refractivity contribution in [3.63, 3.8) is 0 Å². The maximum atomic E-state index is 5.29. The van der Waals surface area contributed by atoms with Crippen LogP contribution in [0, 0.1) is 5.92 Å². The molecule has 3 atom stereocenters. The van der Waals surface area contributed by atoms with E-state index in [9.17, 15) is 0 Å². The molecule has 0 saturated heterocycles. The van der Waals surface area contributed by atoms with Gasteiger partial charge in [-0.15, -0.1) is 0 Å². The lowest BCUT2D eigenvalue weighted by molar-refractivity contribution is 0.263. The van der Waals surface area contributed by atoms with Crippen LogP contribution in [-0.2, 0) is 0 Å². The van der Waals surface area contributed by atoms with Crippen LogP contribution in [0.25, 0.3) is 0 Å². The van der Waals surface area contributed by atoms with Gasteiger partial charge in [0.25, 0.3) is 0 Å². The Morgan fingerprint density at radius 1 is 1.28 bits per heavy atom. The van der Waals surface area contributed by atoms with E-state index in [2.05, 4.69) is 37.4 Å². The van der Waals surface area contributed by atoms with Gasteiger partial charge in [0.15, 0.2) is 0 Å². The Hall–Kier alpha value is -1.02. The molecule has 0 aliphatic heterocycles. The normalized spacial score (nSPS) is 25.7. The summed E-state index contributed by atoms with van der Waals surface area (Å²) >= 11 is 0. The molecule has 0 spiro atoms. The smallest absolute Gasteiger partial charge is 0.119 e. The van der Waals surface area contributed by atoms with Crippen LogP contribution in [0.5, 0.6) is 5.75 Å². The summed E-state index contributed by atoms with van der Waals surface area (Å²) in [7, 11) is 1.72. The average molecular weight is 247 g/mol. The summed E-state index contributed by atoms with van der Waals surface area (Å²) in [5.74, 6) is 1.74. The van der Waals surface area contributed by atoms with Crippen molar-refractivity contribution in [2.24, 2.45) is 5.92 Å². The van der Waals surface area contributed by atoms with Crippen molar-refractivity contribution in [1.82, 2.24) is 5.32 Å². The number of rotatable bonds is 4. The Bertz CT molecular complexity index is 377. The summed E-state index contributed by atoms with van der Waals surface area (Å²) in [5.41, 5.74) is 1.31. The van der Waals surface area contributed by atoms with E-state index >= 15 is 0 Å². The first-order valence-electron chi connectivity index (χ1n) is 7.10. The molecular formula is C16H25NO. The average Bonchev–Trinajstić information content (AvgIpc) is 2.41. The third kappa shape index (κ3) is 3.26. The van der Waals surface area contributed by atoms with Crippen LogP contribution < -0.4 is 10.1 Å². The highest BCUT2D eigenvalue weighted by atomic mass is 16.5. The Morgan fingerprint density at radius 2 is 2.06 bits per heavy atom. The van der Waals surface area contributed by atoms with E-state index in [1.54, 1.807) is 7.11 Å². The summed E-state index contributed by atoms with van der Waals surface area (Å²) in [4.78, 5) is 0. The molecular weight excluding hydrogens is 222 g/mol. The van der Waals surface area contributed by atoms with E-state index in [0.29, 0.717) is 12.1 Å². The highest BCUT2D eigenvalue weighted by Crippen LogP contribution is 2.27. The van der Waals surface area contributed by atoms with Gasteiger partial charge in [-0.1, -0.05) is 31.9 Å². The third-order valence-corrected chi connectivity index (χ3v) is 4.17. The summed E-state index contributed by atoms with van der Waals surface area (Å²) < 4.78 is 5.29. The lowest BCUT2D eigenvalue weighted by atomic mass is 9.85. The second-order valence-corrected chi connectivity index (χ2v) is 5.53. The van der Waals surface area contributed by atoms with Gasteiger partial charge in [-0.3, -0.25) is 0 Å². The Balaban J connectivity index is 1.99. The molecule has 1 aliphatic carbocycles. The second-order valence-electron chi connectivity index (χ2n) is 5.53. The number of hydrogen-bond acceptors (Lipinski definition) is 2. The first kappa shape index (κ1) is 13.4. The fourth-order valence-corrected chi connectivity index (χ4v) is 2.89. The summed E-state index contributed by atoms with van der Waals surface area (Å²) in [6.07, 6.45) is 5.44. The van der Waals surface area contributed by atoms with Gasteiger partial charge in [0, 0.05) is 12.1 Å². The zero-order chi connectivity index (χ0) is 13.0. The van der Waals surface area contributed by atoms with Crippen molar-refractivity contribution in [2.75, 3.05) is 7.11 Å². The standard InChI is InChI=1S/C16H25NO/c1-12-7-4-5-10-16(12)17-13(2)14-8-6-9-15(11-14)18-3/h6,8-9,11-13,16-17H,4-5,7,10H2,1-3H3/t12?,13-,16?/m1/s1. The molecule has 2 heteroatoms. The van der Waals surface area contributed by atoms with Gasteiger partial charge in [0.05, 0.1) is 7.11 Å². The molecule has 2 unspecified atom stereocenters. The van der Waals surface area contributed by atoms with E-state index in [1.807, 2.05) is 6.07 Å². The molecule has 1 fully saturated rings. The molecule has 0 bridgehead atoms. The van der Waals surface area contributed by atoms with Gasteiger partial charge in [0.1, 0.15) is 5.75 Å². The molecule has 0 aromatic heterocycles. The molecule has 100 valence electrons. The predicted molar refractivity (Wildman–Crippen MR) is 76.0 cm³/mol. The van der Waals surface area contributed by atoms with E-state index in [1.165, 1.54) is 31.2 Å². The maximum Gasteiger partial charge on any atom is 0.119 e. The minimum absolute atomic E-state index is 0.394. The first-order chi connectivity index (χ1) is 8.70. The fourth-order valence-electron chi connectivity index (χ4n) is 2.89. The van der Waals surface area contributed by atoms with Crippen molar-refractivity contribution in [3.8, 4) is 5.75 Å². The highest BCUT2D eigenvalue weighted by Gasteiger charge is 2.22. The molecule has 1 N–H and O–H groups in total. The van der Waals surface area contributed by atoms with Crippen LogP contribution in [0.2, 0.25) is 0 Å². The second kappa shape index (κ2) is 6.24. The van der Waals surface area contributed by atoms with Gasteiger partial charge >= 0.3 is 0 Å². The van der Waals surface area contributed by atoms with E-state index in [-0.39, 0.29) is 0 Å². The molecule has 1 aromatic rings. The number of methoxy groups -OCH3 is 1. The van der Waals surface area contributed by atoms with Crippen LogP contribution in [0.15, 0.2) is 24.3 Å². The molecule has 1 aromatic carbocycles. The monoisotopic (exact) mass is 247 g/mol. The number of benzene rings is 1. The maximum absolute atomic E-state index is 5.29. The molecule has 0 amide bonds. The van der Waals surface area contributed by atoms with Gasteiger partial charge in [-0.25, -0.2) is 0 Å². The minimum atomic E-state index is 0.394. The van der Waals surface area contributed by atoms with Crippen LogP contribution in [0.3, 0.4) is 0 Å². The van der Waals surface area contributed by atoms with Gasteiger partial charge < -0.3 is 10.1 Å². The van der Waals surface area contributed by atoms with Gasteiger partial charge in [-0.2, -0.15) is 0 Å². The van der Waals surface area contributed by atoms with Crippen molar-refractivity contribution in [3.05, 3.63) is 29.8 Å². The highest BCUT2D eigenvalue weighted by molar-refractivity contribution is 5.30. The fraction of sp³-hybridized carbons (Fsp3) is 0.625. The molecule has 1 aliphatic rings. The van der Waals surface area contributed by atoms with Crippen LogP contribution in [-0.4, -0.2) is 13.2 Å². The number of nitrogens with one attached hydrogen (secondary N) is 1. The van der Waals surface area contributed by atoms with Crippen LogP contribution >= 0.6 is 0 Å². The van der Waals surface area contributed by atoms with Crippen molar-refractivity contribution in [1.29, 1.82) is 0 Å². The largest absolute Gasteiger partial charge is 0.497 e. The first-order valence-corrected chi connectivity index (χ1v) is 7.10. The SMILES string of the molecule is COc1cccc([C@@H](C)NC2CCCCC2C)c1. The minimum Gasteiger partial charge on any atom is -0.497 e. The van der Waals surface area contributed by atoms with E-state index in [4.69, 9.17) is 4.74 Å². The van der Waals surface area contributed by atoms with E-state index < -0.39 is 0 Å². The topological polar surface area (TPSA) is 21.3 Å². The molecule has 1 saturated carbocycles. The third-order valence-electron chi connectivity index (χ3n) is 4.17. The van der Waals surface area contributed by atoms with Gasteiger partial charge in [-0.05, 0) is 43.4 Å². The van der Waals surface area contributed by atoms with Crippen LogP contribution in [0.1, 0.15) is 51.1 Å². The Labute approximate surface area is 111 Å². The molecule has 2 nitrogen and oxygen atoms in total. The number of hydrogen-bond donors (Lipinski definition) is 1. The van der Waals surface area contributed by atoms with Crippen molar-refractivity contribution < 1.29 is 4.74 Å². The molecule has 0 radical (unpaired) electrons. The Kier molecular flexibility index (Phi) is 4.65. The summed E-state index contributed by atoms with van der Waals surface area (Å²) in [6.45, 7) is 4.62.